The summed E-state index contributed by atoms with van der Waals surface area (Å²) < 4.78 is 85.0. The Labute approximate surface area is 377 Å². The summed E-state index contributed by atoms with van der Waals surface area (Å²) in [5, 5.41) is 12.1. The number of ether oxygens (including phenoxy) is 5. The van der Waals surface area contributed by atoms with E-state index in [-0.39, 0.29) is 81.4 Å². The molecular formula is C44H56Cl2F2N4O10S. The van der Waals surface area contributed by atoms with Crippen LogP contribution < -0.4 is 23.7 Å². The maximum Gasteiger partial charge on any atom is 0.410 e. The van der Waals surface area contributed by atoms with E-state index in [1.165, 1.54) is 36.4 Å². The highest BCUT2D eigenvalue weighted by atomic mass is 35.5. The van der Waals surface area contributed by atoms with Crippen molar-refractivity contribution in [3.63, 3.8) is 0 Å². The van der Waals surface area contributed by atoms with Crippen LogP contribution in [0.5, 0.6) is 17.2 Å². The van der Waals surface area contributed by atoms with Crippen molar-refractivity contribution in [1.82, 2.24) is 9.80 Å². The third-order valence-electron chi connectivity index (χ3n) is 10.9. The molecule has 346 valence electrons. The molecule has 2 aliphatic carbocycles. The lowest BCUT2D eigenvalue weighted by molar-refractivity contribution is -0.605. The molecule has 0 bridgehead atoms. The van der Waals surface area contributed by atoms with E-state index in [2.05, 4.69) is 9.62 Å². The van der Waals surface area contributed by atoms with Crippen molar-refractivity contribution in [3.05, 3.63) is 80.7 Å². The fourth-order valence-corrected chi connectivity index (χ4v) is 8.90. The summed E-state index contributed by atoms with van der Waals surface area (Å²) in [5.41, 5.74) is 0.227. The van der Waals surface area contributed by atoms with Gasteiger partial charge in [-0.1, -0.05) is 29.3 Å². The number of hydrogen-bond donors (Lipinski definition) is 1. The number of piperazine rings is 1. The topological polar surface area (TPSA) is 160 Å². The van der Waals surface area contributed by atoms with E-state index < -0.39 is 34.3 Å². The Kier molecular flexibility index (Phi) is 15.8. The molecule has 1 saturated heterocycles. The van der Waals surface area contributed by atoms with Crippen molar-refractivity contribution >= 4 is 51.0 Å². The molecule has 3 aromatic rings. The molecule has 1 aliphatic heterocycles. The van der Waals surface area contributed by atoms with Crippen LogP contribution in [0.1, 0.15) is 101 Å². The monoisotopic (exact) mass is 940 g/mol. The van der Waals surface area contributed by atoms with Crippen molar-refractivity contribution < 1.29 is 55.2 Å². The van der Waals surface area contributed by atoms with Crippen LogP contribution in [0.25, 0.3) is 0 Å². The number of pyridine rings is 1. The highest BCUT2D eigenvalue weighted by Crippen LogP contribution is 2.39. The van der Waals surface area contributed by atoms with Gasteiger partial charge in [-0.25, -0.2) is 18.0 Å². The first-order valence-electron chi connectivity index (χ1n) is 21.2. The summed E-state index contributed by atoms with van der Waals surface area (Å²) in [5.74, 6) is -0.433. The smallest absolute Gasteiger partial charge is 0.410 e. The van der Waals surface area contributed by atoms with E-state index in [0.717, 1.165) is 38.1 Å². The van der Waals surface area contributed by atoms with Gasteiger partial charge < -0.3 is 33.8 Å². The van der Waals surface area contributed by atoms with Crippen LogP contribution in [0, 0.1) is 17.0 Å². The highest BCUT2D eigenvalue weighted by molar-refractivity contribution is 7.92. The molecule has 63 heavy (non-hydrogen) atoms. The van der Waals surface area contributed by atoms with Crippen LogP contribution in [0.3, 0.4) is 0 Å². The maximum absolute atomic E-state index is 14.0. The molecule has 3 aliphatic rings. The third-order valence-corrected chi connectivity index (χ3v) is 12.9. The van der Waals surface area contributed by atoms with E-state index in [4.69, 9.17) is 46.9 Å². The van der Waals surface area contributed by atoms with Gasteiger partial charge in [-0.2, -0.15) is 13.5 Å². The number of nitrogens with zero attached hydrogens (tertiary/aromatic N) is 3. The van der Waals surface area contributed by atoms with Gasteiger partial charge in [0.05, 0.1) is 30.2 Å². The molecular weight excluding hydrogens is 885 g/mol. The van der Waals surface area contributed by atoms with Crippen molar-refractivity contribution in [2.24, 2.45) is 11.8 Å². The number of carbonyl (C=O) groups is 2. The second kappa shape index (κ2) is 20.7. The van der Waals surface area contributed by atoms with E-state index >= 15 is 0 Å². The number of alkyl halides is 2. The van der Waals surface area contributed by atoms with Crippen LogP contribution in [0.2, 0.25) is 10.0 Å². The van der Waals surface area contributed by atoms with Crippen LogP contribution in [0.15, 0.2) is 48.8 Å². The molecule has 1 aromatic heterocycles. The Morgan fingerprint density at radius 3 is 2.17 bits per heavy atom. The number of sulfonamides is 1. The number of aromatic nitrogens is 1. The predicted molar refractivity (Wildman–Crippen MR) is 233 cm³/mol. The molecule has 19 heteroatoms. The first-order chi connectivity index (χ1) is 29.7. The number of nitrogens with one attached hydrogen (secondary N) is 1. The van der Waals surface area contributed by atoms with Gasteiger partial charge in [0.15, 0.2) is 23.9 Å². The first kappa shape index (κ1) is 48.1. The summed E-state index contributed by atoms with van der Waals surface area (Å²) in [7, 11) is -3.85. The molecule has 6 rings (SSSR count). The van der Waals surface area contributed by atoms with Gasteiger partial charge in [-0.15, -0.1) is 0 Å². The molecule has 2 saturated carbocycles. The number of carbonyl (C=O) groups excluding carboxylic acids is 2. The van der Waals surface area contributed by atoms with Crippen LogP contribution >= 0.6 is 23.2 Å². The standard InChI is InChI=1S/C44H56Cl2F2N4O10S/c1-27-22-52(43(54)62-44(3,4)5)28(2)21-50(27)16-6-7-17-63(56,57)49-36-14-12-32(19-39(36)58-25-29-8-9-29)41(53)60-38(20-33-34(45)23-51(55)24-35(33)46)31-13-15-37(61-42(47)48)40(18-31)59-26-30-10-11-30/h12-15,18-19,23-24,27-30,38,42,49H,6-11,16-17,20-22,25-26H2,1-5H3/t27-,28+,38-/m0/s1. The number of amides is 1. The molecule has 1 amide bonds. The second-order valence-electron chi connectivity index (χ2n) is 17.6. The average Bonchev–Trinajstić information content (AvgIpc) is 4.13. The second-order valence-corrected chi connectivity index (χ2v) is 20.3. The normalized spacial score (nSPS) is 18.8. The van der Waals surface area contributed by atoms with Crippen molar-refractivity contribution in [1.29, 1.82) is 0 Å². The number of unbranched alkanes of at least 4 members (excludes halogenated alkanes) is 1. The van der Waals surface area contributed by atoms with Crippen LogP contribution in [-0.2, 0) is 25.9 Å². The Morgan fingerprint density at radius 2 is 1.56 bits per heavy atom. The fraction of sp³-hybridized carbons (Fsp3) is 0.568. The zero-order chi connectivity index (χ0) is 45.6. The number of anilines is 1. The highest BCUT2D eigenvalue weighted by Gasteiger charge is 2.35. The molecule has 2 heterocycles. The summed E-state index contributed by atoms with van der Waals surface area (Å²) in [6.45, 7) is 8.79. The van der Waals surface area contributed by atoms with Gasteiger partial charge in [0.25, 0.3) is 0 Å². The largest absolute Gasteiger partial charge is 0.619 e. The van der Waals surface area contributed by atoms with Gasteiger partial charge in [0, 0.05) is 37.2 Å². The molecule has 0 unspecified atom stereocenters. The predicted octanol–water partition coefficient (Wildman–Crippen LogP) is 8.80. The van der Waals surface area contributed by atoms with Gasteiger partial charge in [0.2, 0.25) is 10.0 Å². The van der Waals surface area contributed by atoms with Crippen molar-refractivity contribution in [2.45, 2.75) is 110 Å². The fourth-order valence-electron chi connectivity index (χ4n) is 7.11. The molecule has 2 aromatic carbocycles. The van der Waals surface area contributed by atoms with Gasteiger partial charge in [-0.05, 0) is 127 Å². The minimum atomic E-state index is -3.85. The Hall–Kier alpha value is -4.32. The Bertz CT molecular complexity index is 2180. The van der Waals surface area contributed by atoms with E-state index in [0.29, 0.717) is 60.9 Å². The number of benzene rings is 2. The Balaban J connectivity index is 1.15. The van der Waals surface area contributed by atoms with Crippen LogP contribution in [-0.4, -0.2) is 93.2 Å². The lowest BCUT2D eigenvalue weighted by Crippen LogP contribution is -2.58. The number of rotatable bonds is 20. The minimum Gasteiger partial charge on any atom is -0.619 e. The van der Waals surface area contributed by atoms with Gasteiger partial charge >= 0.3 is 18.7 Å². The van der Waals surface area contributed by atoms with E-state index in [9.17, 15) is 32.0 Å². The van der Waals surface area contributed by atoms with Crippen molar-refractivity contribution in [2.75, 3.05) is 43.3 Å². The van der Waals surface area contributed by atoms with Crippen molar-refractivity contribution in [3.8, 4) is 17.2 Å². The molecule has 3 atom stereocenters. The van der Waals surface area contributed by atoms with Gasteiger partial charge in [0.1, 0.15) is 27.5 Å². The van der Waals surface area contributed by atoms with E-state index in [1.54, 1.807) is 4.90 Å². The quantitative estimate of drug-likeness (QED) is 0.0499. The summed E-state index contributed by atoms with van der Waals surface area (Å²) in [6, 6.07) is 8.45. The molecule has 1 N–H and O–H groups in total. The number of esters is 1. The number of hydrogen-bond acceptors (Lipinski definition) is 11. The summed E-state index contributed by atoms with van der Waals surface area (Å²) in [6.07, 6.45) is 5.40. The molecule has 0 radical (unpaired) electrons. The zero-order valence-electron chi connectivity index (χ0n) is 36.1. The third kappa shape index (κ3) is 14.3. The minimum absolute atomic E-state index is 0.0103. The molecule has 0 spiro atoms. The molecule has 3 fully saturated rings. The molecule has 14 nitrogen and oxygen atoms in total. The lowest BCUT2D eigenvalue weighted by Gasteiger charge is -2.44. The average molecular weight is 942 g/mol. The Morgan fingerprint density at radius 1 is 0.905 bits per heavy atom. The SMILES string of the molecule is C[C@@H]1CN(CCCCS(=O)(=O)Nc2ccc(C(=O)O[C@@H](Cc3c(Cl)c[n+]([O-])cc3Cl)c3ccc(OC(F)F)c(OCC4CC4)c3)cc2OCC2CC2)[C@@H](C)CN1C(=O)OC(C)(C)C. The first-order valence-corrected chi connectivity index (χ1v) is 23.6. The maximum atomic E-state index is 14.0. The summed E-state index contributed by atoms with van der Waals surface area (Å²) in [4.78, 5) is 30.7. The summed E-state index contributed by atoms with van der Waals surface area (Å²) >= 11 is 12.9. The number of halogens is 4. The van der Waals surface area contributed by atoms with Crippen LogP contribution in [0.4, 0.5) is 19.3 Å². The lowest BCUT2D eigenvalue weighted by atomic mass is 10.0. The van der Waals surface area contributed by atoms with Gasteiger partial charge in [-0.3, -0.25) is 9.62 Å². The zero-order valence-corrected chi connectivity index (χ0v) is 38.4. The van der Waals surface area contributed by atoms with E-state index in [1.807, 2.05) is 34.6 Å².